The molecule has 1 heterocycles. The van der Waals surface area contributed by atoms with Crippen molar-refractivity contribution in [1.29, 1.82) is 0 Å². The van der Waals surface area contributed by atoms with Crippen LogP contribution in [0.2, 0.25) is 5.02 Å². The van der Waals surface area contributed by atoms with Crippen molar-refractivity contribution in [3.05, 3.63) is 28.8 Å². The third kappa shape index (κ3) is 2.60. The van der Waals surface area contributed by atoms with Gasteiger partial charge in [0.15, 0.2) is 0 Å². The van der Waals surface area contributed by atoms with Crippen LogP contribution in [0.5, 0.6) is 5.75 Å². The van der Waals surface area contributed by atoms with Gasteiger partial charge >= 0.3 is 0 Å². The molecule has 2 fully saturated rings. The van der Waals surface area contributed by atoms with Crippen LogP contribution in [0.15, 0.2) is 18.2 Å². The summed E-state index contributed by atoms with van der Waals surface area (Å²) in [5.74, 6) is 0.757. The molecule has 3 rings (SSSR count). The average Bonchev–Trinajstić information content (AvgIpc) is 2.40. The molecule has 1 aliphatic heterocycles. The molecule has 1 aromatic carbocycles. The lowest BCUT2D eigenvalue weighted by atomic mass is 9.74. The zero-order valence-electron chi connectivity index (χ0n) is 11.0. The van der Waals surface area contributed by atoms with Gasteiger partial charge in [0.05, 0.1) is 17.2 Å². The highest BCUT2D eigenvalue weighted by Gasteiger charge is 2.43. The van der Waals surface area contributed by atoms with E-state index in [-0.39, 0.29) is 11.7 Å². The summed E-state index contributed by atoms with van der Waals surface area (Å²) in [6, 6.07) is 5.74. The van der Waals surface area contributed by atoms with E-state index < -0.39 is 0 Å². The van der Waals surface area contributed by atoms with Gasteiger partial charge in [-0.05, 0) is 25.3 Å². The Bertz CT molecular complexity index is 459. The fourth-order valence-corrected chi connectivity index (χ4v) is 3.25. The molecule has 1 aliphatic carbocycles. The minimum Gasteiger partial charge on any atom is -0.488 e. The Morgan fingerprint density at radius 2 is 2.26 bits per heavy atom. The molecular weight excluding hydrogens is 262 g/mol. The van der Waals surface area contributed by atoms with Gasteiger partial charge in [-0.2, -0.15) is 0 Å². The second kappa shape index (κ2) is 5.31. The molecule has 104 valence electrons. The first kappa shape index (κ1) is 13.2. The van der Waals surface area contributed by atoms with E-state index in [9.17, 15) is 0 Å². The Kier molecular flexibility index (Phi) is 3.70. The number of hydrogen-bond donors (Lipinski definition) is 1. The summed E-state index contributed by atoms with van der Waals surface area (Å²) in [7, 11) is 0. The molecule has 4 heteroatoms. The van der Waals surface area contributed by atoms with Crippen LogP contribution >= 0.6 is 11.6 Å². The number of benzene rings is 1. The highest BCUT2D eigenvalue weighted by molar-refractivity contribution is 6.32. The second-order valence-electron chi connectivity index (χ2n) is 5.55. The molecule has 3 nitrogen and oxygen atoms in total. The monoisotopic (exact) mass is 281 g/mol. The first-order chi connectivity index (χ1) is 9.22. The van der Waals surface area contributed by atoms with Gasteiger partial charge in [-0.1, -0.05) is 23.7 Å². The molecule has 0 amide bonds. The molecule has 2 aliphatic rings. The molecule has 1 saturated heterocycles. The Hall–Kier alpha value is -0.770. The largest absolute Gasteiger partial charge is 0.488 e. The quantitative estimate of drug-likeness (QED) is 0.925. The molecule has 1 spiro atoms. The van der Waals surface area contributed by atoms with Gasteiger partial charge in [0.1, 0.15) is 11.9 Å². The van der Waals surface area contributed by atoms with Crippen LogP contribution < -0.4 is 10.5 Å². The van der Waals surface area contributed by atoms with Crippen molar-refractivity contribution in [3.8, 4) is 5.75 Å². The lowest BCUT2D eigenvalue weighted by molar-refractivity contribution is -0.153. The lowest BCUT2D eigenvalue weighted by Crippen LogP contribution is -2.48. The summed E-state index contributed by atoms with van der Waals surface area (Å²) >= 11 is 6.23. The smallest absolute Gasteiger partial charge is 0.142 e. The molecule has 19 heavy (non-hydrogen) atoms. The third-order valence-electron chi connectivity index (χ3n) is 4.27. The van der Waals surface area contributed by atoms with Gasteiger partial charge in [-0.3, -0.25) is 0 Å². The minimum absolute atomic E-state index is 0.0903. The maximum atomic E-state index is 6.23. The molecule has 1 saturated carbocycles. The summed E-state index contributed by atoms with van der Waals surface area (Å²) in [6.45, 7) is 1.23. The molecule has 2 N–H and O–H groups in total. The van der Waals surface area contributed by atoms with E-state index in [1.54, 1.807) is 0 Å². The Labute approximate surface area is 119 Å². The Balaban J connectivity index is 1.74. The van der Waals surface area contributed by atoms with Crippen molar-refractivity contribution < 1.29 is 9.47 Å². The fourth-order valence-electron chi connectivity index (χ4n) is 3.02. The summed E-state index contributed by atoms with van der Waals surface area (Å²) in [5, 5.41) is 0.650. The summed E-state index contributed by atoms with van der Waals surface area (Å²) in [6.07, 6.45) is 5.70. The molecule has 0 bridgehead atoms. The van der Waals surface area contributed by atoms with Crippen molar-refractivity contribution in [2.24, 2.45) is 5.73 Å². The van der Waals surface area contributed by atoms with Gasteiger partial charge in [-0.15, -0.1) is 0 Å². The topological polar surface area (TPSA) is 44.5 Å². The Morgan fingerprint density at radius 1 is 1.42 bits per heavy atom. The molecule has 0 aromatic heterocycles. The molecular formula is C15H20ClNO2. The SMILES string of the molecule is NCc1cccc(Cl)c1OC1CCOC2(CCC2)C1. The van der Waals surface area contributed by atoms with Crippen molar-refractivity contribution in [1.82, 2.24) is 0 Å². The van der Waals surface area contributed by atoms with Crippen LogP contribution in [0, 0.1) is 0 Å². The number of ether oxygens (including phenoxy) is 2. The maximum Gasteiger partial charge on any atom is 0.142 e. The van der Waals surface area contributed by atoms with Crippen LogP contribution in [-0.2, 0) is 11.3 Å². The van der Waals surface area contributed by atoms with Gasteiger partial charge < -0.3 is 15.2 Å². The van der Waals surface area contributed by atoms with E-state index in [1.165, 1.54) is 19.3 Å². The van der Waals surface area contributed by atoms with Crippen LogP contribution in [0.4, 0.5) is 0 Å². The first-order valence-corrected chi connectivity index (χ1v) is 7.38. The average molecular weight is 282 g/mol. The van der Waals surface area contributed by atoms with Gasteiger partial charge in [-0.25, -0.2) is 0 Å². The number of halogens is 1. The number of rotatable bonds is 3. The van der Waals surface area contributed by atoms with E-state index in [2.05, 4.69) is 0 Å². The van der Waals surface area contributed by atoms with Gasteiger partial charge in [0.25, 0.3) is 0 Å². The Morgan fingerprint density at radius 3 is 2.95 bits per heavy atom. The summed E-state index contributed by atoms with van der Waals surface area (Å²) in [5.41, 5.74) is 6.82. The van der Waals surface area contributed by atoms with Crippen LogP contribution in [0.1, 0.15) is 37.7 Å². The van der Waals surface area contributed by atoms with E-state index in [0.29, 0.717) is 11.6 Å². The molecule has 1 atom stereocenters. The normalized spacial score (nSPS) is 25.1. The maximum absolute atomic E-state index is 6.23. The summed E-state index contributed by atoms with van der Waals surface area (Å²) < 4.78 is 12.1. The van der Waals surface area contributed by atoms with Crippen molar-refractivity contribution in [2.75, 3.05) is 6.61 Å². The fraction of sp³-hybridized carbons (Fsp3) is 0.600. The highest BCUT2D eigenvalue weighted by atomic mass is 35.5. The predicted octanol–water partition coefficient (Wildman–Crippen LogP) is 3.28. The number of nitrogens with two attached hydrogens (primary N) is 1. The first-order valence-electron chi connectivity index (χ1n) is 7.00. The van der Waals surface area contributed by atoms with E-state index >= 15 is 0 Å². The van der Waals surface area contributed by atoms with Crippen molar-refractivity contribution in [2.45, 2.75) is 50.4 Å². The van der Waals surface area contributed by atoms with Gasteiger partial charge in [0.2, 0.25) is 0 Å². The van der Waals surface area contributed by atoms with E-state index in [4.69, 9.17) is 26.8 Å². The summed E-state index contributed by atoms with van der Waals surface area (Å²) in [4.78, 5) is 0. The third-order valence-corrected chi connectivity index (χ3v) is 4.56. The zero-order chi connectivity index (χ0) is 13.3. The van der Waals surface area contributed by atoms with Crippen molar-refractivity contribution in [3.63, 3.8) is 0 Å². The van der Waals surface area contributed by atoms with Crippen LogP contribution in [0.25, 0.3) is 0 Å². The van der Waals surface area contributed by atoms with Gasteiger partial charge in [0, 0.05) is 24.9 Å². The zero-order valence-corrected chi connectivity index (χ0v) is 11.8. The van der Waals surface area contributed by atoms with Crippen LogP contribution in [-0.4, -0.2) is 18.3 Å². The van der Waals surface area contributed by atoms with E-state index in [0.717, 1.165) is 30.8 Å². The molecule has 1 unspecified atom stereocenters. The number of para-hydroxylation sites is 1. The second-order valence-corrected chi connectivity index (χ2v) is 5.96. The molecule has 1 aromatic rings. The minimum atomic E-state index is 0.0903. The standard InChI is InChI=1S/C15H20ClNO2/c16-13-4-1-3-11(10-17)14(13)19-12-5-8-18-15(9-12)6-2-7-15/h1,3-4,12H,2,5-10,17H2. The van der Waals surface area contributed by atoms with Crippen molar-refractivity contribution >= 4 is 11.6 Å². The molecule has 0 radical (unpaired) electrons. The highest BCUT2D eigenvalue weighted by Crippen LogP contribution is 2.43. The number of hydrogen-bond acceptors (Lipinski definition) is 3. The predicted molar refractivity (Wildman–Crippen MR) is 75.5 cm³/mol. The lowest BCUT2D eigenvalue weighted by Gasteiger charge is -2.47. The van der Waals surface area contributed by atoms with E-state index in [1.807, 2.05) is 18.2 Å². The van der Waals surface area contributed by atoms with Crippen LogP contribution in [0.3, 0.4) is 0 Å².